The summed E-state index contributed by atoms with van der Waals surface area (Å²) in [4.78, 5) is 33.3. The first-order chi connectivity index (χ1) is 19.1. The van der Waals surface area contributed by atoms with Crippen LogP contribution >= 0.6 is 11.3 Å². The predicted molar refractivity (Wildman–Crippen MR) is 143 cm³/mol. The number of carbonyl (C=O) groups is 1. The van der Waals surface area contributed by atoms with Gasteiger partial charge in [-0.25, -0.2) is 24.9 Å². The largest absolute Gasteiger partial charge is 0.433 e. The molecule has 208 valence electrons. The minimum Gasteiger partial charge on any atom is -0.383 e. The van der Waals surface area contributed by atoms with Crippen LogP contribution < -0.4 is 10.6 Å². The summed E-state index contributed by atoms with van der Waals surface area (Å²) < 4.78 is 39.1. The number of benzene rings is 1. The molecule has 0 unspecified atom stereocenters. The molecule has 3 heterocycles. The van der Waals surface area contributed by atoms with E-state index >= 15 is 0 Å². The number of aliphatic hydroxyl groups is 1. The van der Waals surface area contributed by atoms with Crippen molar-refractivity contribution in [1.29, 1.82) is 0 Å². The fraction of sp³-hybridized carbons (Fsp3) is 0.333. The molecule has 9 nitrogen and oxygen atoms in total. The average Bonchev–Trinajstić information content (AvgIpc) is 3.42. The molecule has 1 amide bonds. The number of nitrogens with zero attached hydrogens (tertiary/aromatic N) is 5. The quantitative estimate of drug-likeness (QED) is 0.286. The number of aryl methyl sites for hydroxylation is 1. The van der Waals surface area contributed by atoms with E-state index in [-0.39, 0.29) is 24.3 Å². The van der Waals surface area contributed by atoms with Crippen LogP contribution in [0, 0.1) is 6.92 Å². The molecule has 40 heavy (non-hydrogen) atoms. The van der Waals surface area contributed by atoms with Crippen LogP contribution in [0.1, 0.15) is 47.8 Å². The van der Waals surface area contributed by atoms with Gasteiger partial charge in [-0.05, 0) is 68.0 Å². The second-order valence-electron chi connectivity index (χ2n) is 9.72. The first-order valence-corrected chi connectivity index (χ1v) is 13.4. The lowest BCUT2D eigenvalue weighted by molar-refractivity contribution is -0.141. The molecule has 1 fully saturated rings. The number of rotatable bonds is 7. The van der Waals surface area contributed by atoms with Crippen molar-refractivity contribution in [3.8, 4) is 10.4 Å². The number of alkyl halides is 3. The maximum absolute atomic E-state index is 13.0. The van der Waals surface area contributed by atoms with Crippen molar-refractivity contribution >= 4 is 28.9 Å². The summed E-state index contributed by atoms with van der Waals surface area (Å²) in [6.45, 7) is 1.87. The fourth-order valence-corrected chi connectivity index (χ4v) is 5.67. The lowest BCUT2D eigenvalue weighted by Crippen LogP contribution is -2.42. The zero-order valence-corrected chi connectivity index (χ0v) is 22.3. The first kappa shape index (κ1) is 27.6. The van der Waals surface area contributed by atoms with Crippen molar-refractivity contribution in [2.45, 2.75) is 56.8 Å². The third-order valence-corrected chi connectivity index (χ3v) is 7.82. The number of amides is 1. The lowest BCUT2D eigenvalue weighted by Gasteiger charge is -2.34. The molecule has 4 aromatic rings. The minimum absolute atomic E-state index is 0.0561. The van der Waals surface area contributed by atoms with Crippen molar-refractivity contribution < 1.29 is 23.1 Å². The third kappa shape index (κ3) is 6.59. The normalized spacial score (nSPS) is 19.3. The predicted octanol–water partition coefficient (Wildman–Crippen LogP) is 4.95. The van der Waals surface area contributed by atoms with Gasteiger partial charge in [0, 0.05) is 36.5 Å². The molecule has 0 bridgehead atoms. The molecule has 0 saturated heterocycles. The number of carbonyl (C=O) groups excluding carboxylic acids is 1. The minimum atomic E-state index is -4.57. The summed E-state index contributed by atoms with van der Waals surface area (Å²) in [7, 11) is 0. The van der Waals surface area contributed by atoms with Crippen molar-refractivity contribution in [3.63, 3.8) is 0 Å². The maximum atomic E-state index is 13.0. The Morgan fingerprint density at radius 1 is 1.10 bits per heavy atom. The topological polar surface area (TPSA) is 126 Å². The summed E-state index contributed by atoms with van der Waals surface area (Å²) in [5.41, 5.74) is 0.0604. The smallest absolute Gasteiger partial charge is 0.383 e. The monoisotopic (exact) mass is 569 g/mol. The van der Waals surface area contributed by atoms with E-state index in [0.29, 0.717) is 42.2 Å². The highest BCUT2D eigenvalue weighted by molar-refractivity contribution is 7.15. The van der Waals surface area contributed by atoms with Gasteiger partial charge < -0.3 is 15.7 Å². The molecule has 3 aromatic heterocycles. The lowest BCUT2D eigenvalue weighted by atomic mass is 9.82. The summed E-state index contributed by atoms with van der Waals surface area (Å²) in [5.74, 6) is 0.142. The van der Waals surface area contributed by atoms with Crippen molar-refractivity contribution in [1.82, 2.24) is 30.2 Å². The number of thiazole rings is 1. The summed E-state index contributed by atoms with van der Waals surface area (Å²) in [5, 5.41) is 17.8. The Hall–Kier alpha value is -3.97. The molecule has 1 aromatic carbocycles. The van der Waals surface area contributed by atoms with Crippen LogP contribution in [0.2, 0.25) is 0 Å². The molecular formula is C27H26F3N7O2S. The van der Waals surface area contributed by atoms with Gasteiger partial charge in [0.05, 0.1) is 11.3 Å². The SMILES string of the molecule is Cc1cc(Nc2nccc(C(F)(F)F)n2)cc(-c2cnc([C@]3(O)CC[C@@H](NC(=O)Cc4ncccn4)CC3)s2)c1. The van der Waals surface area contributed by atoms with Crippen LogP contribution in [0.3, 0.4) is 0 Å². The number of aromatic nitrogens is 5. The molecule has 5 rings (SSSR count). The number of anilines is 2. The van der Waals surface area contributed by atoms with E-state index in [2.05, 4.69) is 35.6 Å². The Kier molecular flexibility index (Phi) is 7.76. The van der Waals surface area contributed by atoms with Gasteiger partial charge in [0.25, 0.3) is 0 Å². The molecule has 1 saturated carbocycles. The van der Waals surface area contributed by atoms with E-state index in [4.69, 9.17) is 0 Å². The van der Waals surface area contributed by atoms with Gasteiger partial charge >= 0.3 is 6.18 Å². The van der Waals surface area contributed by atoms with Crippen LogP contribution in [0.5, 0.6) is 0 Å². The summed E-state index contributed by atoms with van der Waals surface area (Å²) in [6.07, 6.45) is 3.55. The van der Waals surface area contributed by atoms with Crippen LogP contribution in [-0.2, 0) is 23.0 Å². The van der Waals surface area contributed by atoms with Gasteiger partial charge in [0.2, 0.25) is 11.9 Å². The number of hydrogen-bond acceptors (Lipinski definition) is 9. The van der Waals surface area contributed by atoms with Crippen molar-refractivity contribution in [2.75, 3.05) is 5.32 Å². The molecule has 1 aliphatic rings. The Morgan fingerprint density at radius 2 is 1.85 bits per heavy atom. The highest BCUT2D eigenvalue weighted by atomic mass is 32.1. The second-order valence-corrected chi connectivity index (χ2v) is 10.8. The standard InChI is InChI=1S/C27H26F3N7O2S/c1-16-11-17(13-19(12-16)36-25-33-10-5-21(37-25)27(28,29)30)20-15-34-24(40-20)26(39)6-3-18(4-7-26)35-23(38)14-22-31-8-2-9-32-22/h2,5,8-13,15,18,39H,3-4,6-7,14H2,1H3,(H,35,38)(H,33,36,37)/t18-,26+. The van der Waals surface area contributed by atoms with E-state index in [0.717, 1.165) is 28.3 Å². The first-order valence-electron chi connectivity index (χ1n) is 12.6. The molecule has 1 aliphatic carbocycles. The van der Waals surface area contributed by atoms with Gasteiger partial charge in [-0.2, -0.15) is 13.2 Å². The van der Waals surface area contributed by atoms with Crippen molar-refractivity contribution in [3.05, 3.63) is 77.2 Å². The Morgan fingerprint density at radius 3 is 2.58 bits per heavy atom. The number of nitrogens with one attached hydrogen (secondary N) is 2. The number of hydrogen-bond donors (Lipinski definition) is 3. The average molecular weight is 570 g/mol. The van der Waals surface area contributed by atoms with E-state index < -0.39 is 17.5 Å². The highest BCUT2D eigenvalue weighted by Gasteiger charge is 2.38. The Balaban J connectivity index is 1.24. The van der Waals surface area contributed by atoms with Gasteiger partial charge in [0.1, 0.15) is 22.1 Å². The van der Waals surface area contributed by atoms with Crippen LogP contribution in [0.15, 0.2) is 55.1 Å². The highest BCUT2D eigenvalue weighted by Crippen LogP contribution is 2.41. The Bertz CT molecular complexity index is 1490. The molecule has 0 radical (unpaired) electrons. The molecule has 0 spiro atoms. The maximum Gasteiger partial charge on any atom is 0.433 e. The van der Waals surface area contributed by atoms with Crippen LogP contribution in [-0.4, -0.2) is 42.0 Å². The zero-order chi connectivity index (χ0) is 28.3. The van der Waals surface area contributed by atoms with E-state index in [1.54, 1.807) is 36.8 Å². The van der Waals surface area contributed by atoms with Crippen LogP contribution in [0.4, 0.5) is 24.8 Å². The van der Waals surface area contributed by atoms with E-state index in [1.165, 1.54) is 11.3 Å². The molecule has 13 heteroatoms. The third-order valence-electron chi connectivity index (χ3n) is 6.58. The second kappa shape index (κ2) is 11.3. The Labute approximate surface area is 232 Å². The molecule has 3 N–H and O–H groups in total. The van der Waals surface area contributed by atoms with E-state index in [1.807, 2.05) is 13.0 Å². The fourth-order valence-electron chi connectivity index (χ4n) is 4.62. The van der Waals surface area contributed by atoms with Gasteiger partial charge in [-0.3, -0.25) is 4.79 Å². The van der Waals surface area contributed by atoms with Gasteiger partial charge in [-0.15, -0.1) is 11.3 Å². The van der Waals surface area contributed by atoms with Gasteiger partial charge in [0.15, 0.2) is 0 Å². The zero-order valence-electron chi connectivity index (χ0n) is 21.4. The van der Waals surface area contributed by atoms with E-state index in [9.17, 15) is 23.1 Å². The van der Waals surface area contributed by atoms with Gasteiger partial charge in [-0.1, -0.05) is 6.07 Å². The van der Waals surface area contributed by atoms with Crippen molar-refractivity contribution in [2.24, 2.45) is 0 Å². The van der Waals surface area contributed by atoms with Crippen LogP contribution in [0.25, 0.3) is 10.4 Å². The molecule has 0 atom stereocenters. The molecule has 0 aliphatic heterocycles. The molecular weight excluding hydrogens is 543 g/mol. The number of halogens is 3. The summed E-state index contributed by atoms with van der Waals surface area (Å²) >= 11 is 1.37. The summed E-state index contributed by atoms with van der Waals surface area (Å²) in [6, 6.07) is 7.94.